The van der Waals surface area contributed by atoms with Gasteiger partial charge in [0.15, 0.2) is 0 Å². The quantitative estimate of drug-likeness (QED) is 0.724. The number of aryl methyl sites for hydroxylation is 1. The number of hydrogen-bond donors (Lipinski definition) is 1. The Morgan fingerprint density at radius 3 is 2.77 bits per heavy atom. The number of nitriles is 1. The van der Waals surface area contributed by atoms with Gasteiger partial charge >= 0.3 is 0 Å². The topological polar surface area (TPSA) is 83.6 Å². The number of amides is 1. The number of anilines is 1. The second-order valence-electron chi connectivity index (χ2n) is 9.45. The molecular formula is C24H23N5O. The van der Waals surface area contributed by atoms with Crippen LogP contribution >= 0.6 is 0 Å². The van der Waals surface area contributed by atoms with Gasteiger partial charge in [0, 0.05) is 36.7 Å². The number of benzene rings is 1. The van der Waals surface area contributed by atoms with E-state index >= 15 is 0 Å². The van der Waals surface area contributed by atoms with Gasteiger partial charge in [-0.1, -0.05) is 19.1 Å². The summed E-state index contributed by atoms with van der Waals surface area (Å²) in [6, 6.07) is 10.7. The van der Waals surface area contributed by atoms with Crippen LogP contribution in [0, 0.1) is 28.6 Å². The molecule has 1 N–H and O–H groups in total. The molecule has 30 heavy (non-hydrogen) atoms. The van der Waals surface area contributed by atoms with Gasteiger partial charge in [-0.25, -0.2) is 4.98 Å². The molecule has 3 aliphatic rings. The van der Waals surface area contributed by atoms with Crippen LogP contribution < -0.4 is 5.32 Å². The lowest BCUT2D eigenvalue weighted by molar-refractivity contribution is -0.117. The average Bonchev–Trinajstić information content (AvgIpc) is 3.69. The first-order valence-electron chi connectivity index (χ1n) is 10.6. The SMILES string of the molecule is C[C@@H]1[C@H](C(=O)Nc2cc3cc([C@]4(C#N)CC45CC5)ccc3cn2)[C@@H]1c1cnn(C)c1. The predicted molar refractivity (Wildman–Crippen MR) is 113 cm³/mol. The van der Waals surface area contributed by atoms with Crippen LogP contribution in [0.25, 0.3) is 10.8 Å². The molecule has 2 aromatic heterocycles. The summed E-state index contributed by atoms with van der Waals surface area (Å²) in [6.45, 7) is 2.10. The first kappa shape index (κ1) is 17.6. The molecule has 0 aliphatic heterocycles. The first-order chi connectivity index (χ1) is 14.5. The molecule has 3 fully saturated rings. The number of rotatable bonds is 4. The molecule has 3 saturated carbocycles. The Morgan fingerprint density at radius 2 is 2.10 bits per heavy atom. The molecule has 4 atom stereocenters. The van der Waals surface area contributed by atoms with Crippen molar-refractivity contribution < 1.29 is 4.79 Å². The van der Waals surface area contributed by atoms with Gasteiger partial charge in [-0.3, -0.25) is 9.48 Å². The average molecular weight is 397 g/mol. The summed E-state index contributed by atoms with van der Waals surface area (Å²) in [5.41, 5.74) is 2.14. The first-order valence-corrected chi connectivity index (χ1v) is 10.6. The molecule has 6 heteroatoms. The standard InChI is InChI=1S/C24H23N5O/c1-14-20(17-10-27-29(2)11-17)21(14)22(30)28-19-8-16-7-18(4-3-15(16)9-26-19)24(13-25)12-23(24)5-6-23/h3-4,7-11,14,20-21H,5-6,12H2,1-2H3,(H,26,28,30)/t14-,20-,21-,24+/m0/s1. The Hall–Kier alpha value is -3.20. The summed E-state index contributed by atoms with van der Waals surface area (Å²) in [6.07, 6.45) is 8.93. The summed E-state index contributed by atoms with van der Waals surface area (Å²) in [4.78, 5) is 17.3. The molecule has 0 radical (unpaired) electrons. The maximum Gasteiger partial charge on any atom is 0.229 e. The Balaban J connectivity index is 1.24. The van der Waals surface area contributed by atoms with Gasteiger partial charge in [-0.15, -0.1) is 0 Å². The van der Waals surface area contributed by atoms with Crippen LogP contribution in [-0.2, 0) is 17.3 Å². The molecule has 6 rings (SSSR count). The Kier molecular flexibility index (Phi) is 3.35. The van der Waals surface area contributed by atoms with Gasteiger partial charge in [-0.2, -0.15) is 10.4 Å². The highest BCUT2D eigenvalue weighted by Crippen LogP contribution is 2.78. The fourth-order valence-corrected chi connectivity index (χ4v) is 5.52. The van der Waals surface area contributed by atoms with Crippen LogP contribution in [0.5, 0.6) is 0 Å². The normalized spacial score (nSPS) is 30.1. The molecule has 3 aromatic rings. The summed E-state index contributed by atoms with van der Waals surface area (Å²) in [5.74, 6) is 1.02. The van der Waals surface area contributed by atoms with Crippen molar-refractivity contribution in [1.29, 1.82) is 5.26 Å². The molecule has 0 bridgehead atoms. The fourth-order valence-electron chi connectivity index (χ4n) is 5.52. The van der Waals surface area contributed by atoms with E-state index in [1.807, 2.05) is 31.6 Å². The second-order valence-corrected chi connectivity index (χ2v) is 9.45. The Bertz CT molecular complexity index is 1250. The van der Waals surface area contributed by atoms with Crippen LogP contribution in [0.15, 0.2) is 42.9 Å². The minimum atomic E-state index is -0.311. The van der Waals surface area contributed by atoms with Crippen molar-refractivity contribution in [3.8, 4) is 6.07 Å². The number of pyridine rings is 1. The molecule has 6 nitrogen and oxygen atoms in total. The zero-order valence-corrected chi connectivity index (χ0v) is 17.1. The van der Waals surface area contributed by atoms with Crippen molar-refractivity contribution in [2.24, 2.45) is 24.3 Å². The fraction of sp³-hybridized carbons (Fsp3) is 0.417. The maximum atomic E-state index is 12.9. The summed E-state index contributed by atoms with van der Waals surface area (Å²) in [7, 11) is 1.89. The molecule has 1 aromatic carbocycles. The van der Waals surface area contributed by atoms with Gasteiger partial charge in [0.05, 0.1) is 17.7 Å². The summed E-state index contributed by atoms with van der Waals surface area (Å²) < 4.78 is 1.78. The summed E-state index contributed by atoms with van der Waals surface area (Å²) >= 11 is 0. The van der Waals surface area contributed by atoms with Crippen molar-refractivity contribution in [1.82, 2.24) is 14.8 Å². The Labute approximate surface area is 174 Å². The smallest absolute Gasteiger partial charge is 0.229 e. The van der Waals surface area contributed by atoms with Crippen molar-refractivity contribution in [2.45, 2.75) is 37.5 Å². The molecule has 0 unspecified atom stereocenters. The van der Waals surface area contributed by atoms with Crippen LogP contribution in [-0.4, -0.2) is 20.7 Å². The minimum Gasteiger partial charge on any atom is -0.310 e. The number of hydrogen-bond acceptors (Lipinski definition) is 4. The van der Waals surface area contributed by atoms with Crippen molar-refractivity contribution >= 4 is 22.5 Å². The van der Waals surface area contributed by atoms with E-state index in [4.69, 9.17) is 0 Å². The zero-order chi connectivity index (χ0) is 20.7. The van der Waals surface area contributed by atoms with Crippen LogP contribution in [0.1, 0.15) is 43.2 Å². The minimum absolute atomic E-state index is 0.00646. The van der Waals surface area contributed by atoms with Crippen LogP contribution in [0.4, 0.5) is 5.82 Å². The van der Waals surface area contributed by atoms with Crippen LogP contribution in [0.3, 0.4) is 0 Å². The van der Waals surface area contributed by atoms with E-state index in [1.165, 1.54) is 0 Å². The van der Waals surface area contributed by atoms with Crippen LogP contribution in [0.2, 0.25) is 0 Å². The van der Waals surface area contributed by atoms with Gasteiger partial charge in [0.1, 0.15) is 5.82 Å². The molecule has 1 spiro atoms. The number of fused-ring (bicyclic) bond motifs is 1. The number of carbonyl (C=O) groups is 1. The molecule has 2 heterocycles. The lowest BCUT2D eigenvalue weighted by Crippen LogP contribution is -2.16. The lowest BCUT2D eigenvalue weighted by atomic mass is 9.92. The van der Waals surface area contributed by atoms with Gasteiger partial charge in [0.25, 0.3) is 0 Å². The predicted octanol–water partition coefficient (Wildman–Crippen LogP) is 3.90. The molecule has 0 saturated heterocycles. The van der Waals surface area contributed by atoms with E-state index in [-0.39, 0.29) is 28.6 Å². The van der Waals surface area contributed by atoms with E-state index in [2.05, 4.69) is 40.5 Å². The number of carbonyl (C=O) groups excluding carboxylic acids is 1. The molecular weight excluding hydrogens is 374 g/mol. The van der Waals surface area contributed by atoms with Gasteiger partial charge in [-0.05, 0) is 59.2 Å². The highest BCUT2D eigenvalue weighted by Gasteiger charge is 2.75. The zero-order valence-electron chi connectivity index (χ0n) is 17.1. The third-order valence-corrected chi connectivity index (χ3v) is 7.69. The van der Waals surface area contributed by atoms with E-state index in [0.29, 0.717) is 11.7 Å². The summed E-state index contributed by atoms with van der Waals surface area (Å²) in [5, 5.41) is 19.1. The highest BCUT2D eigenvalue weighted by atomic mass is 16.2. The largest absolute Gasteiger partial charge is 0.310 e. The third kappa shape index (κ3) is 2.38. The van der Waals surface area contributed by atoms with Gasteiger partial charge in [0.2, 0.25) is 5.91 Å². The Morgan fingerprint density at radius 1 is 1.27 bits per heavy atom. The van der Waals surface area contributed by atoms with E-state index in [9.17, 15) is 10.1 Å². The number of nitrogens with zero attached hydrogens (tertiary/aromatic N) is 4. The van der Waals surface area contributed by atoms with Crippen molar-refractivity contribution in [3.63, 3.8) is 0 Å². The third-order valence-electron chi connectivity index (χ3n) is 7.69. The van der Waals surface area contributed by atoms with Crippen molar-refractivity contribution in [2.75, 3.05) is 5.32 Å². The molecule has 3 aliphatic carbocycles. The van der Waals surface area contributed by atoms with Crippen molar-refractivity contribution in [3.05, 3.63) is 54.0 Å². The highest BCUT2D eigenvalue weighted by molar-refractivity contribution is 5.96. The van der Waals surface area contributed by atoms with E-state index < -0.39 is 0 Å². The van der Waals surface area contributed by atoms with E-state index in [0.717, 1.165) is 41.2 Å². The molecule has 150 valence electrons. The van der Waals surface area contributed by atoms with Gasteiger partial charge < -0.3 is 5.32 Å². The molecule has 1 amide bonds. The van der Waals surface area contributed by atoms with E-state index in [1.54, 1.807) is 10.9 Å². The lowest BCUT2D eigenvalue weighted by Gasteiger charge is -2.11. The number of aromatic nitrogens is 3. The maximum absolute atomic E-state index is 12.9. The number of nitrogens with one attached hydrogen (secondary N) is 1. The second kappa shape index (κ2) is 5.69. The monoisotopic (exact) mass is 397 g/mol.